The summed E-state index contributed by atoms with van der Waals surface area (Å²) in [6, 6.07) is 8.42. The van der Waals surface area contributed by atoms with E-state index in [-0.39, 0.29) is 0 Å². The second-order valence-corrected chi connectivity index (χ2v) is 5.05. The van der Waals surface area contributed by atoms with Crippen LogP contribution in [0, 0.1) is 0 Å². The number of rotatable bonds is 6. The summed E-state index contributed by atoms with van der Waals surface area (Å²) in [5.41, 5.74) is 7.64. The molecule has 84 valence electrons. The molecule has 0 spiro atoms. The molecule has 1 aromatic carbocycles. The van der Waals surface area contributed by atoms with E-state index in [1.54, 1.807) is 0 Å². The molecule has 0 aliphatic carbocycles. The maximum Gasteiger partial charge on any atom is 0.0362 e. The van der Waals surface area contributed by atoms with Gasteiger partial charge in [-0.2, -0.15) is 11.8 Å². The molecule has 0 bridgehead atoms. The van der Waals surface area contributed by atoms with E-state index in [0.29, 0.717) is 6.04 Å². The Labute approximate surface area is 96.6 Å². The molecule has 0 radical (unpaired) electrons. The lowest BCUT2D eigenvalue weighted by molar-refractivity contribution is 0.772. The Kier molecular flexibility index (Phi) is 5.40. The molecular formula is C12H20N2S. The maximum atomic E-state index is 5.71. The van der Waals surface area contributed by atoms with Crippen molar-refractivity contribution in [1.29, 1.82) is 0 Å². The highest BCUT2D eigenvalue weighted by Gasteiger charge is 2.01. The minimum atomic E-state index is 0.505. The van der Waals surface area contributed by atoms with Gasteiger partial charge in [-0.3, -0.25) is 0 Å². The molecule has 0 saturated heterocycles. The molecule has 2 nitrogen and oxygen atoms in total. The first-order valence-corrected chi connectivity index (χ1v) is 6.57. The number of anilines is 2. The number of benzene rings is 1. The molecule has 3 heteroatoms. The molecule has 1 rings (SSSR count). The number of hydrogen-bond donors (Lipinski definition) is 2. The second-order valence-electron chi connectivity index (χ2n) is 3.66. The predicted octanol–water partition coefficient (Wildman–Crippen LogP) is 3.21. The van der Waals surface area contributed by atoms with Crippen molar-refractivity contribution in [3.8, 4) is 0 Å². The van der Waals surface area contributed by atoms with Crippen LogP contribution in [-0.2, 0) is 0 Å². The predicted molar refractivity (Wildman–Crippen MR) is 71.6 cm³/mol. The maximum absolute atomic E-state index is 5.71. The van der Waals surface area contributed by atoms with E-state index in [1.165, 1.54) is 17.9 Å². The highest BCUT2D eigenvalue weighted by molar-refractivity contribution is 7.99. The van der Waals surface area contributed by atoms with Crippen molar-refractivity contribution < 1.29 is 0 Å². The van der Waals surface area contributed by atoms with Crippen molar-refractivity contribution in [2.45, 2.75) is 26.3 Å². The Morgan fingerprint density at radius 3 is 2.93 bits per heavy atom. The number of nitrogens with two attached hydrogens (primary N) is 1. The summed E-state index contributed by atoms with van der Waals surface area (Å²) in [6.07, 6.45) is 1.19. The van der Waals surface area contributed by atoms with Crippen LogP contribution in [0.15, 0.2) is 24.3 Å². The van der Waals surface area contributed by atoms with E-state index in [0.717, 1.165) is 11.4 Å². The standard InChI is InChI=1S/C12H20N2S/c1-3-15-8-7-10(2)14-12-6-4-5-11(13)9-12/h4-6,9-10,14H,3,7-8,13H2,1-2H3. The van der Waals surface area contributed by atoms with Crippen molar-refractivity contribution >= 4 is 23.1 Å². The van der Waals surface area contributed by atoms with Gasteiger partial charge in [-0.15, -0.1) is 0 Å². The Bertz CT molecular complexity index is 289. The molecule has 0 aliphatic rings. The van der Waals surface area contributed by atoms with Crippen molar-refractivity contribution in [2.75, 3.05) is 22.6 Å². The van der Waals surface area contributed by atoms with E-state index in [1.807, 2.05) is 30.0 Å². The highest BCUT2D eigenvalue weighted by Crippen LogP contribution is 2.14. The first-order chi connectivity index (χ1) is 7.22. The average Bonchev–Trinajstić information content (AvgIpc) is 2.18. The van der Waals surface area contributed by atoms with Crippen LogP contribution in [-0.4, -0.2) is 17.5 Å². The molecule has 0 aliphatic heterocycles. The summed E-state index contributed by atoms with van der Waals surface area (Å²) >= 11 is 1.99. The third-order valence-corrected chi connectivity index (χ3v) is 3.13. The molecule has 0 fully saturated rings. The van der Waals surface area contributed by atoms with Gasteiger partial charge in [0, 0.05) is 17.4 Å². The molecule has 3 N–H and O–H groups in total. The Morgan fingerprint density at radius 1 is 1.47 bits per heavy atom. The lowest BCUT2D eigenvalue weighted by Gasteiger charge is -2.15. The quantitative estimate of drug-likeness (QED) is 0.575. The molecule has 1 aromatic rings. The van der Waals surface area contributed by atoms with Gasteiger partial charge in [-0.05, 0) is 43.0 Å². The second kappa shape index (κ2) is 6.62. The van der Waals surface area contributed by atoms with E-state index in [4.69, 9.17) is 5.73 Å². The fourth-order valence-corrected chi connectivity index (χ4v) is 2.20. The van der Waals surface area contributed by atoms with Crippen LogP contribution in [0.4, 0.5) is 11.4 Å². The van der Waals surface area contributed by atoms with Gasteiger partial charge in [0.1, 0.15) is 0 Å². The lowest BCUT2D eigenvalue weighted by Crippen LogP contribution is -2.15. The van der Waals surface area contributed by atoms with Crippen molar-refractivity contribution in [3.05, 3.63) is 24.3 Å². The van der Waals surface area contributed by atoms with Crippen LogP contribution in [0.25, 0.3) is 0 Å². The van der Waals surface area contributed by atoms with E-state index in [2.05, 4.69) is 25.2 Å². The Hall–Kier alpha value is -0.830. The third-order valence-electron chi connectivity index (χ3n) is 2.20. The first kappa shape index (κ1) is 12.2. The van der Waals surface area contributed by atoms with Crippen LogP contribution in [0.3, 0.4) is 0 Å². The molecule has 15 heavy (non-hydrogen) atoms. The van der Waals surface area contributed by atoms with Gasteiger partial charge >= 0.3 is 0 Å². The zero-order valence-corrected chi connectivity index (χ0v) is 10.3. The summed E-state index contributed by atoms with van der Waals surface area (Å²) in [5, 5.41) is 3.45. The van der Waals surface area contributed by atoms with Gasteiger partial charge in [0.25, 0.3) is 0 Å². The summed E-state index contributed by atoms with van der Waals surface area (Å²) in [6.45, 7) is 4.40. The Morgan fingerprint density at radius 2 is 2.27 bits per heavy atom. The zero-order chi connectivity index (χ0) is 11.1. The van der Waals surface area contributed by atoms with E-state index >= 15 is 0 Å². The smallest absolute Gasteiger partial charge is 0.0362 e. The topological polar surface area (TPSA) is 38.0 Å². The number of thioether (sulfide) groups is 1. The van der Waals surface area contributed by atoms with Crippen LogP contribution in [0.2, 0.25) is 0 Å². The number of nitrogen functional groups attached to an aromatic ring is 1. The normalized spacial score (nSPS) is 12.4. The fourth-order valence-electron chi connectivity index (χ4n) is 1.39. The highest BCUT2D eigenvalue weighted by atomic mass is 32.2. The first-order valence-electron chi connectivity index (χ1n) is 5.42. The van der Waals surface area contributed by atoms with Gasteiger partial charge < -0.3 is 11.1 Å². The summed E-state index contributed by atoms with van der Waals surface area (Å²) in [7, 11) is 0. The minimum absolute atomic E-state index is 0.505. The zero-order valence-electron chi connectivity index (χ0n) is 9.49. The van der Waals surface area contributed by atoms with Gasteiger partial charge in [0.2, 0.25) is 0 Å². The summed E-state index contributed by atoms with van der Waals surface area (Å²) in [4.78, 5) is 0. The van der Waals surface area contributed by atoms with Crippen LogP contribution < -0.4 is 11.1 Å². The molecule has 1 unspecified atom stereocenters. The summed E-state index contributed by atoms with van der Waals surface area (Å²) in [5.74, 6) is 2.41. The number of nitrogens with one attached hydrogen (secondary N) is 1. The van der Waals surface area contributed by atoms with E-state index < -0.39 is 0 Å². The molecule has 0 heterocycles. The van der Waals surface area contributed by atoms with Crippen LogP contribution >= 0.6 is 11.8 Å². The van der Waals surface area contributed by atoms with Gasteiger partial charge in [-0.1, -0.05) is 13.0 Å². The largest absolute Gasteiger partial charge is 0.399 e. The van der Waals surface area contributed by atoms with E-state index in [9.17, 15) is 0 Å². The number of hydrogen-bond acceptors (Lipinski definition) is 3. The lowest BCUT2D eigenvalue weighted by atomic mass is 10.2. The monoisotopic (exact) mass is 224 g/mol. The molecular weight excluding hydrogens is 204 g/mol. The molecule has 0 amide bonds. The molecule has 0 saturated carbocycles. The third kappa shape index (κ3) is 4.98. The fraction of sp³-hybridized carbons (Fsp3) is 0.500. The Balaban J connectivity index is 2.34. The van der Waals surface area contributed by atoms with Crippen molar-refractivity contribution in [3.63, 3.8) is 0 Å². The summed E-state index contributed by atoms with van der Waals surface area (Å²) < 4.78 is 0. The minimum Gasteiger partial charge on any atom is -0.399 e. The van der Waals surface area contributed by atoms with Gasteiger partial charge in [0.05, 0.1) is 0 Å². The molecule has 1 atom stereocenters. The molecule has 0 aromatic heterocycles. The van der Waals surface area contributed by atoms with Crippen LogP contribution in [0.5, 0.6) is 0 Å². The van der Waals surface area contributed by atoms with Crippen LogP contribution in [0.1, 0.15) is 20.3 Å². The van der Waals surface area contributed by atoms with Crippen molar-refractivity contribution in [2.24, 2.45) is 0 Å². The average molecular weight is 224 g/mol. The van der Waals surface area contributed by atoms with Crippen molar-refractivity contribution in [1.82, 2.24) is 0 Å². The van der Waals surface area contributed by atoms with Gasteiger partial charge in [0.15, 0.2) is 0 Å². The van der Waals surface area contributed by atoms with Gasteiger partial charge in [-0.25, -0.2) is 0 Å². The SMILES string of the molecule is CCSCCC(C)Nc1cccc(N)c1.